The van der Waals surface area contributed by atoms with Crippen molar-refractivity contribution in [2.45, 2.75) is 6.54 Å². The largest absolute Gasteiger partial charge is 0.439 e. The van der Waals surface area contributed by atoms with Gasteiger partial charge in [-0.3, -0.25) is 9.36 Å². The van der Waals surface area contributed by atoms with Crippen molar-refractivity contribution in [2.75, 3.05) is 0 Å². The van der Waals surface area contributed by atoms with Crippen LogP contribution in [0.5, 0.6) is 0 Å². The minimum Gasteiger partial charge on any atom is -0.439 e. The summed E-state index contributed by atoms with van der Waals surface area (Å²) in [6.07, 6.45) is 3.09. The Bertz CT molecular complexity index is 1120. The lowest BCUT2D eigenvalue weighted by Gasteiger charge is -2.04. The lowest BCUT2D eigenvalue weighted by molar-refractivity contribution is 0.484. The molecule has 4 rings (SSSR count). The molecule has 2 heterocycles. The van der Waals surface area contributed by atoms with Crippen LogP contribution in [0.1, 0.15) is 5.89 Å². The van der Waals surface area contributed by atoms with Crippen LogP contribution in [0.2, 0.25) is 10.0 Å². The average molecular weight is 372 g/mol. The topological polar surface area (TPSA) is 60.9 Å². The third kappa shape index (κ3) is 3.16. The molecule has 0 atom stereocenters. The van der Waals surface area contributed by atoms with Gasteiger partial charge in [-0.15, -0.1) is 0 Å². The third-order valence-corrected chi connectivity index (χ3v) is 4.26. The molecule has 0 aliphatic heterocycles. The minimum atomic E-state index is -0.173. The second-order valence-electron chi connectivity index (χ2n) is 5.46. The molecule has 0 radical (unpaired) electrons. The van der Waals surface area contributed by atoms with Gasteiger partial charge in [0.1, 0.15) is 6.54 Å². The normalized spacial score (nSPS) is 11.1. The molecule has 0 unspecified atom stereocenters. The first-order valence-electron chi connectivity index (χ1n) is 7.45. The summed E-state index contributed by atoms with van der Waals surface area (Å²) in [6.45, 7) is 0.192. The van der Waals surface area contributed by atoms with Gasteiger partial charge < -0.3 is 4.42 Å². The number of nitrogens with zero attached hydrogens (tertiary/aromatic N) is 3. The Hall–Kier alpha value is -2.63. The Labute approximate surface area is 152 Å². The van der Waals surface area contributed by atoms with Crippen molar-refractivity contribution in [1.82, 2.24) is 14.5 Å². The van der Waals surface area contributed by atoms with Crippen molar-refractivity contribution in [2.24, 2.45) is 0 Å². The van der Waals surface area contributed by atoms with Crippen LogP contribution in [0, 0.1) is 0 Å². The van der Waals surface area contributed by atoms with Crippen molar-refractivity contribution < 1.29 is 4.42 Å². The van der Waals surface area contributed by atoms with Crippen LogP contribution in [0.15, 0.2) is 64.2 Å². The Kier molecular flexibility index (Phi) is 4.03. The van der Waals surface area contributed by atoms with E-state index >= 15 is 0 Å². The molecule has 2 aromatic heterocycles. The zero-order chi connectivity index (χ0) is 17.4. The first-order chi connectivity index (χ1) is 12.1. The number of rotatable bonds is 3. The van der Waals surface area contributed by atoms with E-state index in [1.807, 2.05) is 12.1 Å². The van der Waals surface area contributed by atoms with Crippen LogP contribution < -0.4 is 5.56 Å². The molecule has 0 N–H and O–H groups in total. The highest BCUT2D eigenvalue weighted by atomic mass is 35.5. The van der Waals surface area contributed by atoms with Gasteiger partial charge in [-0.2, -0.15) is 0 Å². The standard InChI is InChI=1S/C18H11Cl2N3O2/c19-12-3-1-11(2-4-12)16-8-21-17(25-16)9-23-10-22-15-7-13(20)5-6-14(15)18(23)24/h1-8,10H,9H2. The highest BCUT2D eigenvalue weighted by Gasteiger charge is 2.10. The lowest BCUT2D eigenvalue weighted by Crippen LogP contribution is -2.21. The van der Waals surface area contributed by atoms with E-state index in [1.54, 1.807) is 36.5 Å². The molecular formula is C18H11Cl2N3O2. The fraction of sp³-hybridized carbons (Fsp3) is 0.0556. The van der Waals surface area contributed by atoms with Gasteiger partial charge in [0, 0.05) is 15.6 Å². The molecule has 7 heteroatoms. The van der Waals surface area contributed by atoms with Crippen molar-refractivity contribution in [3.05, 3.63) is 81.3 Å². The number of fused-ring (bicyclic) bond motifs is 1. The summed E-state index contributed by atoms with van der Waals surface area (Å²) in [5.74, 6) is 1.03. The molecule has 0 saturated carbocycles. The van der Waals surface area contributed by atoms with E-state index in [9.17, 15) is 4.79 Å². The summed E-state index contributed by atoms with van der Waals surface area (Å²) in [4.78, 5) is 21.1. The number of oxazole rings is 1. The van der Waals surface area contributed by atoms with E-state index < -0.39 is 0 Å². The van der Waals surface area contributed by atoms with E-state index in [4.69, 9.17) is 27.6 Å². The van der Waals surface area contributed by atoms with Crippen molar-refractivity contribution in [3.8, 4) is 11.3 Å². The van der Waals surface area contributed by atoms with Crippen molar-refractivity contribution >= 4 is 34.1 Å². The third-order valence-electron chi connectivity index (χ3n) is 3.78. The fourth-order valence-corrected chi connectivity index (χ4v) is 2.81. The predicted molar refractivity (Wildman–Crippen MR) is 97.1 cm³/mol. The van der Waals surface area contributed by atoms with E-state index in [-0.39, 0.29) is 12.1 Å². The van der Waals surface area contributed by atoms with E-state index in [1.165, 1.54) is 10.9 Å². The van der Waals surface area contributed by atoms with Gasteiger partial charge in [0.2, 0.25) is 5.89 Å². The van der Waals surface area contributed by atoms with Gasteiger partial charge in [0.05, 0.1) is 23.4 Å². The molecule has 0 amide bonds. The van der Waals surface area contributed by atoms with Crippen LogP contribution >= 0.6 is 23.2 Å². The molecule has 0 spiro atoms. The molecule has 0 aliphatic carbocycles. The van der Waals surface area contributed by atoms with Crippen molar-refractivity contribution in [1.29, 1.82) is 0 Å². The van der Waals surface area contributed by atoms with Gasteiger partial charge >= 0.3 is 0 Å². The number of hydrogen-bond acceptors (Lipinski definition) is 4. The van der Waals surface area contributed by atoms with Crippen LogP contribution in [0.25, 0.3) is 22.2 Å². The molecule has 0 fully saturated rings. The van der Waals surface area contributed by atoms with Gasteiger partial charge in [-0.1, -0.05) is 23.2 Å². The van der Waals surface area contributed by atoms with E-state index in [2.05, 4.69) is 9.97 Å². The number of aromatic nitrogens is 3. The molecule has 0 aliphatic rings. The SMILES string of the molecule is O=c1c2ccc(Cl)cc2ncn1Cc1ncc(-c2ccc(Cl)cc2)o1. The number of benzene rings is 2. The molecule has 0 bridgehead atoms. The van der Waals surface area contributed by atoms with Crippen LogP contribution in [-0.4, -0.2) is 14.5 Å². The zero-order valence-electron chi connectivity index (χ0n) is 12.8. The van der Waals surface area contributed by atoms with Gasteiger partial charge in [0.25, 0.3) is 5.56 Å². The summed E-state index contributed by atoms with van der Waals surface area (Å²) in [6, 6.07) is 12.2. The Balaban J connectivity index is 1.66. The molecule has 124 valence electrons. The van der Waals surface area contributed by atoms with E-state index in [0.717, 1.165) is 5.56 Å². The maximum absolute atomic E-state index is 12.6. The van der Waals surface area contributed by atoms with Crippen LogP contribution in [0.3, 0.4) is 0 Å². The monoisotopic (exact) mass is 371 g/mol. The number of halogens is 2. The molecule has 0 saturated heterocycles. The summed E-state index contributed by atoms with van der Waals surface area (Å²) in [5, 5.41) is 1.69. The van der Waals surface area contributed by atoms with Gasteiger partial charge in [0.15, 0.2) is 5.76 Å². The molecule has 5 nitrogen and oxygen atoms in total. The summed E-state index contributed by atoms with van der Waals surface area (Å²) < 4.78 is 7.19. The summed E-state index contributed by atoms with van der Waals surface area (Å²) >= 11 is 11.8. The van der Waals surface area contributed by atoms with Crippen molar-refractivity contribution in [3.63, 3.8) is 0 Å². The van der Waals surface area contributed by atoms with E-state index in [0.29, 0.717) is 32.6 Å². The first-order valence-corrected chi connectivity index (χ1v) is 8.21. The maximum Gasteiger partial charge on any atom is 0.261 e. The highest BCUT2D eigenvalue weighted by Crippen LogP contribution is 2.22. The second-order valence-corrected chi connectivity index (χ2v) is 6.34. The highest BCUT2D eigenvalue weighted by molar-refractivity contribution is 6.31. The smallest absolute Gasteiger partial charge is 0.261 e. The second kappa shape index (κ2) is 6.35. The fourth-order valence-electron chi connectivity index (χ4n) is 2.52. The first kappa shape index (κ1) is 15.9. The molecule has 2 aromatic carbocycles. The van der Waals surface area contributed by atoms with Crippen LogP contribution in [-0.2, 0) is 6.54 Å². The predicted octanol–water partition coefficient (Wildman–Crippen LogP) is 4.41. The summed E-state index contributed by atoms with van der Waals surface area (Å²) in [7, 11) is 0. The summed E-state index contributed by atoms with van der Waals surface area (Å²) in [5.41, 5.74) is 1.25. The Morgan fingerprint density at radius 3 is 2.56 bits per heavy atom. The minimum absolute atomic E-state index is 0.173. The average Bonchev–Trinajstić information content (AvgIpc) is 3.06. The van der Waals surface area contributed by atoms with Crippen LogP contribution in [0.4, 0.5) is 0 Å². The van der Waals surface area contributed by atoms with Gasteiger partial charge in [-0.25, -0.2) is 9.97 Å². The zero-order valence-corrected chi connectivity index (χ0v) is 14.3. The quantitative estimate of drug-likeness (QED) is 0.535. The van der Waals surface area contributed by atoms with Gasteiger partial charge in [-0.05, 0) is 42.5 Å². The Morgan fingerprint density at radius 1 is 1.00 bits per heavy atom. The number of hydrogen-bond donors (Lipinski definition) is 0. The molecule has 4 aromatic rings. The molecular weight excluding hydrogens is 361 g/mol. The molecule has 25 heavy (non-hydrogen) atoms. The maximum atomic E-state index is 12.6. The Morgan fingerprint density at radius 2 is 1.76 bits per heavy atom. The lowest BCUT2D eigenvalue weighted by atomic mass is 10.2.